The lowest BCUT2D eigenvalue weighted by molar-refractivity contribution is -0.384. The number of rotatable bonds is 22. The summed E-state index contributed by atoms with van der Waals surface area (Å²) in [7, 11) is 0. The normalized spacial score (nSPS) is 33.2. The van der Waals surface area contributed by atoms with Gasteiger partial charge in [0.25, 0.3) is 0 Å². The maximum absolute atomic E-state index is 12.6. The van der Waals surface area contributed by atoms with Crippen molar-refractivity contribution in [3.8, 4) is 0 Å². The summed E-state index contributed by atoms with van der Waals surface area (Å²) in [5, 5.41) is 70.5. The summed E-state index contributed by atoms with van der Waals surface area (Å²) in [6.07, 6.45) is 5.19. The first-order valence-corrected chi connectivity index (χ1v) is 16.0. The zero-order chi connectivity index (χ0) is 31.0. The van der Waals surface area contributed by atoms with E-state index in [2.05, 4.69) is 6.92 Å². The van der Waals surface area contributed by atoms with Crippen molar-refractivity contribution in [1.29, 1.82) is 0 Å². The first kappa shape index (κ1) is 37.3. The summed E-state index contributed by atoms with van der Waals surface area (Å²) in [5.74, 6) is -2.95. The summed E-state index contributed by atoms with van der Waals surface area (Å²) in [6.45, 7) is -0.146. The van der Waals surface area contributed by atoms with Crippen LogP contribution in [0.15, 0.2) is 0 Å². The Bertz CT molecular complexity index is 726. The highest BCUT2D eigenvalue weighted by Crippen LogP contribution is 2.36. The molecule has 0 aromatic heterocycles. The number of ether oxygens (including phenoxy) is 4. The van der Waals surface area contributed by atoms with Crippen molar-refractivity contribution >= 4 is 5.97 Å². The summed E-state index contributed by atoms with van der Waals surface area (Å²) in [6, 6.07) is 0. The maximum atomic E-state index is 12.6. The van der Waals surface area contributed by atoms with E-state index in [1.54, 1.807) is 0 Å². The van der Waals surface area contributed by atoms with Crippen molar-refractivity contribution in [1.82, 2.24) is 0 Å². The number of esters is 1. The van der Waals surface area contributed by atoms with E-state index < -0.39 is 80.6 Å². The molecule has 0 aromatic rings. The molecule has 0 aromatic carbocycles. The van der Waals surface area contributed by atoms with Gasteiger partial charge in [0.15, 0.2) is 6.10 Å². The molecule has 2 heterocycles. The van der Waals surface area contributed by atoms with Crippen LogP contribution in [0.5, 0.6) is 0 Å². The largest absolute Gasteiger partial charge is 0.454 e. The minimum Gasteiger partial charge on any atom is -0.454 e. The predicted molar refractivity (Wildman–Crippen MR) is 152 cm³/mol. The molecule has 3 unspecified atom stereocenters. The molecule has 0 bridgehead atoms. The first-order valence-electron chi connectivity index (χ1n) is 16.0. The summed E-state index contributed by atoms with van der Waals surface area (Å²) in [4.78, 5) is 12.6. The van der Waals surface area contributed by atoms with Crippen LogP contribution in [0.25, 0.3) is 0 Å². The van der Waals surface area contributed by atoms with Gasteiger partial charge in [-0.25, -0.2) is 0 Å². The minimum absolute atomic E-state index is 0.0588. The molecule has 12 nitrogen and oxygen atoms in total. The average molecular weight is 609 g/mol. The van der Waals surface area contributed by atoms with Crippen LogP contribution in [-0.4, -0.2) is 116 Å². The third-order valence-electron chi connectivity index (χ3n) is 8.30. The number of hydrogen-bond donors (Lipinski definition) is 7. The molecule has 2 aliphatic rings. The number of unbranched alkanes of at least 4 members (excludes halogenated alkanes) is 14. The predicted octanol–water partition coefficient (Wildman–Crippen LogP) is 1.42. The van der Waals surface area contributed by atoms with Gasteiger partial charge in [0.05, 0.1) is 13.2 Å². The Balaban J connectivity index is 1.73. The topological polar surface area (TPSA) is 196 Å². The van der Waals surface area contributed by atoms with Gasteiger partial charge in [-0.3, -0.25) is 4.79 Å². The fraction of sp³-hybridized carbons (Fsp3) is 0.967. The van der Waals surface area contributed by atoms with Gasteiger partial charge < -0.3 is 54.7 Å². The lowest BCUT2D eigenvalue weighted by Gasteiger charge is -2.44. The zero-order valence-electron chi connectivity index (χ0n) is 25.2. The summed E-state index contributed by atoms with van der Waals surface area (Å²) in [5.41, 5.74) is 0. The van der Waals surface area contributed by atoms with Crippen molar-refractivity contribution in [3.63, 3.8) is 0 Å². The first-order chi connectivity index (χ1) is 20.2. The molecule has 2 fully saturated rings. The molecule has 0 spiro atoms. The Morgan fingerprint density at radius 3 is 1.64 bits per heavy atom. The van der Waals surface area contributed by atoms with Gasteiger partial charge in [0.2, 0.25) is 12.1 Å². The third kappa shape index (κ3) is 11.2. The zero-order valence-corrected chi connectivity index (χ0v) is 25.2. The van der Waals surface area contributed by atoms with Gasteiger partial charge in [0, 0.05) is 6.42 Å². The second-order valence-electron chi connectivity index (χ2n) is 11.7. The van der Waals surface area contributed by atoms with Crippen LogP contribution in [0.4, 0.5) is 0 Å². The molecule has 248 valence electrons. The average Bonchev–Trinajstić information content (AvgIpc) is 3.23. The SMILES string of the molecule is CCCCCCCCCCCCCCCCCC(=O)OC1[C@@H](O[C@]2(CO)O[C@H](CO)[C@H](O)C2O)OC(CO)[C@@H](O)[C@H]1O. The molecule has 2 aliphatic heterocycles. The smallest absolute Gasteiger partial charge is 0.306 e. The minimum atomic E-state index is -2.28. The molecular weight excluding hydrogens is 552 g/mol. The Labute approximate surface area is 249 Å². The fourth-order valence-corrected chi connectivity index (χ4v) is 5.59. The van der Waals surface area contributed by atoms with E-state index in [4.69, 9.17) is 18.9 Å². The number of aliphatic hydroxyl groups excluding tert-OH is 7. The molecule has 12 heteroatoms. The van der Waals surface area contributed by atoms with Crippen LogP contribution in [0.1, 0.15) is 110 Å². The molecule has 9 atom stereocenters. The van der Waals surface area contributed by atoms with Crippen LogP contribution in [0, 0.1) is 0 Å². The Hall–Kier alpha value is -0.930. The highest BCUT2D eigenvalue weighted by molar-refractivity contribution is 5.69. The third-order valence-corrected chi connectivity index (χ3v) is 8.30. The second kappa shape index (κ2) is 20.2. The standard InChI is InChI=1S/C30H56O12/c1-2-3-4-5-6-7-8-9-10-11-12-13-14-15-16-17-23(34)40-27-26(37)24(35)21(18-31)39-29(27)42-30(20-33)28(38)25(36)22(19-32)41-30/h21-22,24-29,31-33,35-38H,2-20H2,1H3/t21?,22-,24-,25+,26-,27?,28?,29-,30+/m1/s1. The van der Waals surface area contributed by atoms with Crippen molar-refractivity contribution in [2.45, 2.75) is 164 Å². The van der Waals surface area contributed by atoms with E-state index in [1.807, 2.05) is 0 Å². The van der Waals surface area contributed by atoms with Crippen LogP contribution in [0.2, 0.25) is 0 Å². The molecule has 2 rings (SSSR count). The fourth-order valence-electron chi connectivity index (χ4n) is 5.59. The Morgan fingerprint density at radius 2 is 1.19 bits per heavy atom. The van der Waals surface area contributed by atoms with Crippen molar-refractivity contribution in [2.75, 3.05) is 19.8 Å². The van der Waals surface area contributed by atoms with Gasteiger partial charge in [0.1, 0.15) is 43.2 Å². The van der Waals surface area contributed by atoms with Gasteiger partial charge in [-0.15, -0.1) is 0 Å². The van der Waals surface area contributed by atoms with Crippen LogP contribution in [0.3, 0.4) is 0 Å². The van der Waals surface area contributed by atoms with Gasteiger partial charge >= 0.3 is 5.97 Å². The number of hydrogen-bond acceptors (Lipinski definition) is 12. The molecule has 2 saturated heterocycles. The number of aliphatic hydroxyl groups is 7. The maximum Gasteiger partial charge on any atom is 0.306 e. The van der Waals surface area contributed by atoms with Crippen LogP contribution in [-0.2, 0) is 23.7 Å². The quantitative estimate of drug-likeness (QED) is 0.0691. The highest BCUT2D eigenvalue weighted by atomic mass is 16.8. The van der Waals surface area contributed by atoms with Crippen LogP contribution < -0.4 is 0 Å². The van der Waals surface area contributed by atoms with Crippen molar-refractivity contribution < 1.29 is 59.5 Å². The lowest BCUT2D eigenvalue weighted by Crippen LogP contribution is -2.63. The van der Waals surface area contributed by atoms with Crippen LogP contribution >= 0.6 is 0 Å². The summed E-state index contributed by atoms with van der Waals surface area (Å²) >= 11 is 0. The van der Waals surface area contributed by atoms with Gasteiger partial charge in [-0.2, -0.15) is 0 Å². The summed E-state index contributed by atoms with van der Waals surface area (Å²) < 4.78 is 21.9. The highest BCUT2D eigenvalue weighted by Gasteiger charge is 2.59. The second-order valence-corrected chi connectivity index (χ2v) is 11.7. The van der Waals surface area contributed by atoms with Crippen molar-refractivity contribution in [2.24, 2.45) is 0 Å². The van der Waals surface area contributed by atoms with Gasteiger partial charge in [-0.05, 0) is 6.42 Å². The van der Waals surface area contributed by atoms with E-state index in [0.717, 1.165) is 19.3 Å². The number of carbonyl (C=O) groups excluding carboxylic acids is 1. The van der Waals surface area contributed by atoms with E-state index >= 15 is 0 Å². The molecule has 0 radical (unpaired) electrons. The molecule has 42 heavy (non-hydrogen) atoms. The Kier molecular flexibility index (Phi) is 17.9. The molecule has 0 amide bonds. The molecule has 7 N–H and O–H groups in total. The molecule has 0 saturated carbocycles. The monoisotopic (exact) mass is 608 g/mol. The number of carbonyl (C=O) groups is 1. The van der Waals surface area contributed by atoms with E-state index in [-0.39, 0.29) is 6.42 Å². The lowest BCUT2D eigenvalue weighted by atomic mass is 9.98. The van der Waals surface area contributed by atoms with Crippen molar-refractivity contribution in [3.05, 3.63) is 0 Å². The van der Waals surface area contributed by atoms with Gasteiger partial charge in [-0.1, -0.05) is 96.8 Å². The van der Waals surface area contributed by atoms with E-state index in [1.165, 1.54) is 70.6 Å². The molecular formula is C30H56O12. The molecule has 0 aliphatic carbocycles. The van der Waals surface area contributed by atoms with E-state index in [9.17, 15) is 40.5 Å². The Morgan fingerprint density at radius 1 is 0.690 bits per heavy atom. The van der Waals surface area contributed by atoms with E-state index in [0.29, 0.717) is 6.42 Å².